The second-order valence-corrected chi connectivity index (χ2v) is 4.12. The van der Waals surface area contributed by atoms with E-state index in [4.69, 9.17) is 0 Å². The number of carbonyl (C=O) groups excluding carboxylic acids is 1. The molecule has 4 heteroatoms. The fourth-order valence-electron chi connectivity index (χ4n) is 1.60. The predicted molar refractivity (Wildman–Crippen MR) is 52.8 cm³/mol. The molecule has 76 valence electrons. The van der Waals surface area contributed by atoms with E-state index in [0.717, 1.165) is 11.4 Å². The molecule has 0 saturated carbocycles. The van der Waals surface area contributed by atoms with Gasteiger partial charge >= 0.3 is 0 Å². The van der Waals surface area contributed by atoms with E-state index in [-0.39, 0.29) is 5.91 Å². The molecule has 1 aliphatic rings. The molecular formula is C10H15N3O. The maximum Gasteiger partial charge on any atom is 0.244 e. The first kappa shape index (κ1) is 9.24. The molecule has 2 rings (SSSR count). The van der Waals surface area contributed by atoms with Gasteiger partial charge < -0.3 is 4.90 Å². The van der Waals surface area contributed by atoms with E-state index in [9.17, 15) is 4.79 Å². The minimum Gasteiger partial charge on any atom is -0.338 e. The molecule has 0 spiro atoms. The molecule has 4 nitrogen and oxygen atoms in total. The Morgan fingerprint density at radius 1 is 1.43 bits per heavy atom. The zero-order valence-corrected chi connectivity index (χ0v) is 8.82. The van der Waals surface area contributed by atoms with Gasteiger partial charge in [-0.05, 0) is 12.0 Å². The lowest BCUT2D eigenvalue weighted by Crippen LogP contribution is -2.36. The Balaban J connectivity index is 2.34. The van der Waals surface area contributed by atoms with Gasteiger partial charge in [-0.25, -0.2) is 0 Å². The van der Waals surface area contributed by atoms with E-state index in [1.54, 1.807) is 4.90 Å². The number of carbonyl (C=O) groups is 1. The summed E-state index contributed by atoms with van der Waals surface area (Å²) in [6.45, 7) is 5.29. The van der Waals surface area contributed by atoms with Crippen molar-refractivity contribution in [1.82, 2.24) is 14.7 Å². The standard InChI is InChI=1S/C10H15N3O/c1-7(2)9-4-8-5-12(3)10(14)6-13(8)11-9/h4,7H,5-6H2,1-3H3. The van der Waals surface area contributed by atoms with Crippen LogP contribution < -0.4 is 0 Å². The van der Waals surface area contributed by atoms with E-state index in [1.165, 1.54) is 0 Å². The number of fused-ring (bicyclic) bond motifs is 1. The van der Waals surface area contributed by atoms with Crippen LogP contribution in [0.3, 0.4) is 0 Å². The number of rotatable bonds is 1. The highest BCUT2D eigenvalue weighted by atomic mass is 16.2. The molecule has 0 saturated heterocycles. The molecule has 0 unspecified atom stereocenters. The van der Waals surface area contributed by atoms with Crippen molar-refractivity contribution in [3.8, 4) is 0 Å². The van der Waals surface area contributed by atoms with Crippen molar-refractivity contribution < 1.29 is 4.79 Å². The van der Waals surface area contributed by atoms with E-state index < -0.39 is 0 Å². The molecule has 0 fully saturated rings. The van der Waals surface area contributed by atoms with Crippen LogP contribution in [0.25, 0.3) is 0 Å². The number of hydrogen-bond acceptors (Lipinski definition) is 2. The SMILES string of the molecule is CC(C)c1cc2n(n1)CC(=O)N(C)C2. The fraction of sp³-hybridized carbons (Fsp3) is 0.600. The minimum absolute atomic E-state index is 0.135. The van der Waals surface area contributed by atoms with Gasteiger partial charge in [0.25, 0.3) is 0 Å². The molecule has 0 aromatic carbocycles. The number of hydrogen-bond donors (Lipinski definition) is 0. The quantitative estimate of drug-likeness (QED) is 0.666. The molecule has 1 aliphatic heterocycles. The summed E-state index contributed by atoms with van der Waals surface area (Å²) in [5.41, 5.74) is 2.21. The molecule has 1 aromatic rings. The summed E-state index contributed by atoms with van der Waals surface area (Å²) in [5, 5.41) is 4.40. The van der Waals surface area contributed by atoms with Crippen molar-refractivity contribution in [2.75, 3.05) is 7.05 Å². The highest BCUT2D eigenvalue weighted by molar-refractivity contribution is 5.76. The van der Waals surface area contributed by atoms with Crippen molar-refractivity contribution in [3.05, 3.63) is 17.5 Å². The van der Waals surface area contributed by atoms with Gasteiger partial charge in [-0.3, -0.25) is 9.48 Å². The molecular weight excluding hydrogens is 178 g/mol. The summed E-state index contributed by atoms with van der Waals surface area (Å²) in [5.74, 6) is 0.560. The zero-order valence-electron chi connectivity index (χ0n) is 8.82. The van der Waals surface area contributed by atoms with Gasteiger partial charge in [-0.1, -0.05) is 13.8 Å². The molecule has 0 N–H and O–H groups in total. The second kappa shape index (κ2) is 3.12. The number of aromatic nitrogens is 2. The smallest absolute Gasteiger partial charge is 0.244 e. The van der Waals surface area contributed by atoms with Crippen LogP contribution >= 0.6 is 0 Å². The van der Waals surface area contributed by atoms with Gasteiger partial charge in [0.05, 0.1) is 17.9 Å². The van der Waals surface area contributed by atoms with Crippen LogP contribution in [0.2, 0.25) is 0 Å². The van der Waals surface area contributed by atoms with Crippen LogP contribution in [0, 0.1) is 0 Å². The van der Waals surface area contributed by atoms with Crippen molar-refractivity contribution in [2.45, 2.75) is 32.9 Å². The average molecular weight is 193 g/mol. The molecule has 0 aliphatic carbocycles. The second-order valence-electron chi connectivity index (χ2n) is 4.12. The first-order chi connectivity index (χ1) is 6.58. The zero-order chi connectivity index (χ0) is 10.3. The van der Waals surface area contributed by atoms with E-state index in [0.29, 0.717) is 19.0 Å². The van der Waals surface area contributed by atoms with Crippen LogP contribution in [-0.2, 0) is 17.9 Å². The molecule has 1 amide bonds. The summed E-state index contributed by atoms with van der Waals surface area (Å²) >= 11 is 0. The number of nitrogens with zero attached hydrogens (tertiary/aromatic N) is 3. The van der Waals surface area contributed by atoms with Crippen LogP contribution in [0.1, 0.15) is 31.2 Å². The topological polar surface area (TPSA) is 38.1 Å². The van der Waals surface area contributed by atoms with Crippen LogP contribution in [-0.4, -0.2) is 27.6 Å². The fourth-order valence-corrected chi connectivity index (χ4v) is 1.60. The Morgan fingerprint density at radius 2 is 2.14 bits per heavy atom. The van der Waals surface area contributed by atoms with E-state index in [2.05, 4.69) is 25.0 Å². The van der Waals surface area contributed by atoms with Crippen molar-refractivity contribution in [2.24, 2.45) is 0 Å². The normalized spacial score (nSPS) is 16.3. The van der Waals surface area contributed by atoms with Gasteiger partial charge in [-0.15, -0.1) is 0 Å². The number of likely N-dealkylation sites (N-methyl/N-ethyl adjacent to an activating group) is 1. The monoisotopic (exact) mass is 193 g/mol. The first-order valence-electron chi connectivity index (χ1n) is 4.88. The first-order valence-corrected chi connectivity index (χ1v) is 4.88. The van der Waals surface area contributed by atoms with Gasteiger partial charge in [0.15, 0.2) is 0 Å². The molecule has 2 heterocycles. The Hall–Kier alpha value is -1.32. The van der Waals surface area contributed by atoms with Crippen LogP contribution in [0.5, 0.6) is 0 Å². The Kier molecular flexibility index (Phi) is 2.06. The summed E-state index contributed by atoms with van der Waals surface area (Å²) in [7, 11) is 1.83. The lowest BCUT2D eigenvalue weighted by molar-refractivity contribution is -0.132. The lowest BCUT2D eigenvalue weighted by Gasteiger charge is -2.23. The summed E-state index contributed by atoms with van der Waals surface area (Å²) in [6.07, 6.45) is 0. The van der Waals surface area contributed by atoms with Crippen LogP contribution in [0.15, 0.2) is 6.07 Å². The molecule has 0 bridgehead atoms. The lowest BCUT2D eigenvalue weighted by atomic mass is 10.1. The Morgan fingerprint density at radius 3 is 2.79 bits per heavy atom. The summed E-state index contributed by atoms with van der Waals surface area (Å²) in [4.78, 5) is 13.1. The van der Waals surface area contributed by atoms with Crippen molar-refractivity contribution in [3.63, 3.8) is 0 Å². The largest absolute Gasteiger partial charge is 0.338 e. The third-order valence-electron chi connectivity index (χ3n) is 2.58. The highest BCUT2D eigenvalue weighted by Gasteiger charge is 2.21. The van der Waals surface area contributed by atoms with E-state index in [1.807, 2.05) is 11.7 Å². The minimum atomic E-state index is 0.135. The van der Waals surface area contributed by atoms with E-state index >= 15 is 0 Å². The Labute approximate surface area is 83.5 Å². The van der Waals surface area contributed by atoms with Crippen molar-refractivity contribution in [1.29, 1.82) is 0 Å². The van der Waals surface area contributed by atoms with Crippen LogP contribution in [0.4, 0.5) is 0 Å². The van der Waals surface area contributed by atoms with Gasteiger partial charge in [0.2, 0.25) is 5.91 Å². The predicted octanol–water partition coefficient (Wildman–Crippen LogP) is 0.979. The Bertz CT molecular complexity index is 367. The van der Waals surface area contributed by atoms with Gasteiger partial charge in [0, 0.05) is 7.05 Å². The maximum atomic E-state index is 11.4. The molecule has 0 atom stereocenters. The molecule has 1 aromatic heterocycles. The highest BCUT2D eigenvalue weighted by Crippen LogP contribution is 2.18. The third-order valence-corrected chi connectivity index (χ3v) is 2.58. The summed E-state index contributed by atoms with van der Waals surface area (Å²) in [6, 6.07) is 2.09. The van der Waals surface area contributed by atoms with Gasteiger partial charge in [-0.2, -0.15) is 5.10 Å². The van der Waals surface area contributed by atoms with Crippen molar-refractivity contribution >= 4 is 5.91 Å². The summed E-state index contributed by atoms with van der Waals surface area (Å²) < 4.78 is 1.82. The maximum absolute atomic E-state index is 11.4. The molecule has 0 radical (unpaired) electrons. The number of amides is 1. The average Bonchev–Trinajstić information content (AvgIpc) is 2.48. The van der Waals surface area contributed by atoms with Gasteiger partial charge in [0.1, 0.15) is 6.54 Å². The third kappa shape index (κ3) is 1.41. The molecule has 14 heavy (non-hydrogen) atoms.